The number of nitrogens with zero attached hydrogens (tertiary/aromatic N) is 3. The van der Waals surface area contributed by atoms with Crippen molar-refractivity contribution < 1.29 is 13.2 Å². The van der Waals surface area contributed by atoms with Crippen LogP contribution >= 0.6 is 11.3 Å². The van der Waals surface area contributed by atoms with Crippen molar-refractivity contribution in [2.45, 2.75) is 26.3 Å². The van der Waals surface area contributed by atoms with Crippen molar-refractivity contribution in [3.8, 4) is 0 Å². The van der Waals surface area contributed by atoms with E-state index in [2.05, 4.69) is 16.8 Å². The molecule has 0 aliphatic carbocycles. The van der Waals surface area contributed by atoms with E-state index in [1.54, 1.807) is 22.8 Å². The second-order valence-electron chi connectivity index (χ2n) is 7.21. The van der Waals surface area contributed by atoms with E-state index in [4.69, 9.17) is 4.74 Å². The summed E-state index contributed by atoms with van der Waals surface area (Å²) in [6.07, 6.45) is 3.38. The summed E-state index contributed by atoms with van der Waals surface area (Å²) in [6.45, 7) is 6.92. The minimum Gasteiger partial charge on any atom is -0.384 e. The predicted octanol–water partition coefficient (Wildman–Crippen LogP) is 1.57. The summed E-state index contributed by atoms with van der Waals surface area (Å²) in [5.74, 6) is 0.296. The number of methoxy groups -OCH3 is 1. The molecule has 0 aromatic carbocycles. The third-order valence-electron chi connectivity index (χ3n) is 5.68. The SMILES string of the molecule is COC[C@@H]1CN(S(C)(=O)=O)CC12CCN(Cc1scnc1C)CC2. The Balaban J connectivity index is 1.67. The topological polar surface area (TPSA) is 62.7 Å². The molecule has 0 bridgehead atoms. The van der Waals surface area contributed by atoms with Crippen LogP contribution in [0.1, 0.15) is 23.4 Å². The summed E-state index contributed by atoms with van der Waals surface area (Å²) in [5.41, 5.74) is 3.10. The Morgan fingerprint density at radius 3 is 2.67 bits per heavy atom. The van der Waals surface area contributed by atoms with Crippen LogP contribution in [-0.2, 0) is 21.3 Å². The summed E-state index contributed by atoms with van der Waals surface area (Å²) < 4.78 is 31.0. The first-order chi connectivity index (χ1) is 11.3. The number of sulfonamides is 1. The molecule has 136 valence electrons. The highest BCUT2D eigenvalue weighted by molar-refractivity contribution is 7.88. The van der Waals surface area contributed by atoms with Gasteiger partial charge >= 0.3 is 0 Å². The zero-order valence-electron chi connectivity index (χ0n) is 14.7. The third kappa shape index (κ3) is 3.67. The van der Waals surface area contributed by atoms with Gasteiger partial charge in [-0.25, -0.2) is 17.7 Å². The molecule has 1 spiro atoms. The van der Waals surface area contributed by atoms with E-state index >= 15 is 0 Å². The molecule has 24 heavy (non-hydrogen) atoms. The molecule has 0 N–H and O–H groups in total. The van der Waals surface area contributed by atoms with Crippen LogP contribution in [0.4, 0.5) is 0 Å². The van der Waals surface area contributed by atoms with Crippen LogP contribution < -0.4 is 0 Å². The standard InChI is InChI=1S/C16H27N3O3S2/c1-13-15(23-12-17-13)9-18-6-4-16(5-7-18)11-19(24(3,20)21)8-14(16)10-22-2/h12,14H,4-11H2,1-3H3/t14-/m0/s1. The van der Waals surface area contributed by atoms with E-state index in [-0.39, 0.29) is 5.41 Å². The van der Waals surface area contributed by atoms with Gasteiger partial charge in [-0.05, 0) is 38.3 Å². The van der Waals surface area contributed by atoms with Gasteiger partial charge < -0.3 is 4.74 Å². The third-order valence-corrected chi connectivity index (χ3v) is 7.82. The molecular formula is C16H27N3O3S2. The molecule has 2 fully saturated rings. The van der Waals surface area contributed by atoms with E-state index in [1.165, 1.54) is 11.1 Å². The molecule has 3 rings (SSSR count). The lowest BCUT2D eigenvalue weighted by molar-refractivity contribution is 0.0360. The molecule has 1 aromatic rings. The van der Waals surface area contributed by atoms with Gasteiger partial charge in [0, 0.05) is 37.5 Å². The molecule has 1 atom stereocenters. The maximum Gasteiger partial charge on any atom is 0.211 e. The van der Waals surface area contributed by atoms with E-state index < -0.39 is 10.0 Å². The van der Waals surface area contributed by atoms with Crippen molar-refractivity contribution in [2.75, 3.05) is 46.2 Å². The molecule has 6 nitrogen and oxygen atoms in total. The highest BCUT2D eigenvalue weighted by Crippen LogP contribution is 2.45. The van der Waals surface area contributed by atoms with Gasteiger partial charge in [0.1, 0.15) is 0 Å². The lowest BCUT2D eigenvalue weighted by atomic mass is 9.71. The van der Waals surface area contributed by atoms with E-state index in [1.807, 2.05) is 5.51 Å². The Bertz CT molecular complexity index is 666. The van der Waals surface area contributed by atoms with Crippen LogP contribution in [0.2, 0.25) is 0 Å². The first-order valence-corrected chi connectivity index (χ1v) is 11.1. The summed E-state index contributed by atoms with van der Waals surface area (Å²) in [7, 11) is -1.42. The highest BCUT2D eigenvalue weighted by Gasteiger charge is 2.50. The van der Waals surface area contributed by atoms with E-state index in [9.17, 15) is 8.42 Å². The smallest absolute Gasteiger partial charge is 0.211 e. The highest BCUT2D eigenvalue weighted by atomic mass is 32.2. The minimum absolute atomic E-state index is 0.0678. The monoisotopic (exact) mass is 373 g/mol. The van der Waals surface area contributed by atoms with Gasteiger partial charge in [-0.1, -0.05) is 0 Å². The second-order valence-corrected chi connectivity index (χ2v) is 10.1. The molecule has 0 unspecified atom stereocenters. The van der Waals surface area contributed by atoms with Gasteiger partial charge in [0.15, 0.2) is 0 Å². The fraction of sp³-hybridized carbons (Fsp3) is 0.812. The molecular weight excluding hydrogens is 346 g/mol. The van der Waals surface area contributed by atoms with Gasteiger partial charge in [0.05, 0.1) is 24.1 Å². The van der Waals surface area contributed by atoms with Crippen molar-refractivity contribution in [1.82, 2.24) is 14.2 Å². The van der Waals surface area contributed by atoms with Gasteiger partial charge in [0.2, 0.25) is 10.0 Å². The Morgan fingerprint density at radius 2 is 2.12 bits per heavy atom. The maximum absolute atomic E-state index is 12.0. The minimum atomic E-state index is -3.13. The molecule has 0 saturated carbocycles. The number of hydrogen-bond acceptors (Lipinski definition) is 6. The van der Waals surface area contributed by atoms with Gasteiger partial charge in [0.25, 0.3) is 0 Å². The molecule has 2 saturated heterocycles. The van der Waals surface area contributed by atoms with Crippen molar-refractivity contribution in [3.05, 3.63) is 16.1 Å². The molecule has 0 amide bonds. The van der Waals surface area contributed by atoms with Crippen LogP contribution in [-0.4, -0.2) is 68.8 Å². The molecule has 0 radical (unpaired) electrons. The van der Waals surface area contributed by atoms with Crippen molar-refractivity contribution >= 4 is 21.4 Å². The molecule has 2 aliphatic heterocycles. The number of likely N-dealkylation sites (tertiary alicyclic amines) is 1. The number of ether oxygens (including phenoxy) is 1. The van der Waals surface area contributed by atoms with Gasteiger partial charge in [-0.3, -0.25) is 4.90 Å². The molecule has 8 heteroatoms. The summed E-state index contributed by atoms with van der Waals surface area (Å²) in [4.78, 5) is 8.14. The normalized spacial score (nSPS) is 25.5. The van der Waals surface area contributed by atoms with Crippen LogP contribution in [0.5, 0.6) is 0 Å². The number of aryl methyl sites for hydroxylation is 1. The van der Waals surface area contributed by atoms with Gasteiger partial charge in [-0.2, -0.15) is 0 Å². The molecule has 2 aliphatic rings. The zero-order valence-corrected chi connectivity index (χ0v) is 16.3. The van der Waals surface area contributed by atoms with Gasteiger partial charge in [-0.15, -0.1) is 11.3 Å². The maximum atomic E-state index is 12.0. The Morgan fingerprint density at radius 1 is 1.42 bits per heavy atom. The fourth-order valence-corrected chi connectivity index (χ4v) is 5.83. The molecule has 1 aromatic heterocycles. The average Bonchev–Trinajstić information content (AvgIpc) is 3.07. The first kappa shape index (κ1) is 18.3. The fourth-order valence-electron chi connectivity index (χ4n) is 4.07. The largest absolute Gasteiger partial charge is 0.384 e. The quantitative estimate of drug-likeness (QED) is 0.784. The zero-order chi connectivity index (χ0) is 17.4. The number of thiazole rings is 1. The van der Waals surface area contributed by atoms with Crippen molar-refractivity contribution in [3.63, 3.8) is 0 Å². The molecule has 3 heterocycles. The lowest BCUT2D eigenvalue weighted by Gasteiger charge is -2.42. The Labute approximate surface area is 148 Å². The number of piperidine rings is 1. The van der Waals surface area contributed by atoms with E-state index in [0.717, 1.165) is 38.2 Å². The number of hydrogen-bond donors (Lipinski definition) is 0. The number of aromatic nitrogens is 1. The van der Waals surface area contributed by atoms with Crippen LogP contribution in [0, 0.1) is 18.3 Å². The second kappa shape index (κ2) is 6.99. The Kier molecular flexibility index (Phi) is 5.32. The van der Waals surface area contributed by atoms with Crippen LogP contribution in [0.15, 0.2) is 5.51 Å². The van der Waals surface area contributed by atoms with Crippen LogP contribution in [0.25, 0.3) is 0 Å². The van der Waals surface area contributed by atoms with E-state index in [0.29, 0.717) is 25.6 Å². The number of rotatable bonds is 5. The Hall–Kier alpha value is -0.540. The van der Waals surface area contributed by atoms with Crippen molar-refractivity contribution in [1.29, 1.82) is 0 Å². The van der Waals surface area contributed by atoms with Crippen LogP contribution in [0.3, 0.4) is 0 Å². The van der Waals surface area contributed by atoms with Crippen molar-refractivity contribution in [2.24, 2.45) is 11.3 Å². The average molecular weight is 374 g/mol. The summed E-state index contributed by atoms with van der Waals surface area (Å²) >= 11 is 1.72. The lowest BCUT2D eigenvalue weighted by Crippen LogP contribution is -2.45. The summed E-state index contributed by atoms with van der Waals surface area (Å²) in [5, 5.41) is 0. The summed E-state index contributed by atoms with van der Waals surface area (Å²) in [6, 6.07) is 0. The first-order valence-electron chi connectivity index (χ1n) is 8.39. The predicted molar refractivity (Wildman–Crippen MR) is 95.6 cm³/mol.